The highest BCUT2D eigenvalue weighted by Crippen LogP contribution is 2.33. The lowest BCUT2D eigenvalue weighted by Crippen LogP contribution is -2.48. The van der Waals surface area contributed by atoms with Crippen LogP contribution in [0.2, 0.25) is 5.02 Å². The van der Waals surface area contributed by atoms with Crippen LogP contribution in [0.25, 0.3) is 0 Å². The first-order valence-corrected chi connectivity index (χ1v) is 11.5. The standard InChI is InChI=1S/C23H32ClN3O4/c1-15(2)19-14-31-20-8-7-17(24)12-18(20)23(30)25-9-3-4-10-27(13-21(28)26-19)22(29)11-16-5-6-16/h7-8,12,15-16,19H,3-6,9-11,13-14H2,1-2H3,(H,25,30)(H,26,28)/t19-/m1/s1. The highest BCUT2D eigenvalue weighted by Gasteiger charge is 2.28. The molecule has 1 aromatic rings. The Kier molecular flexibility index (Phi) is 8.18. The van der Waals surface area contributed by atoms with Gasteiger partial charge in [0.15, 0.2) is 0 Å². The van der Waals surface area contributed by atoms with E-state index in [-0.39, 0.29) is 42.8 Å². The van der Waals surface area contributed by atoms with Gasteiger partial charge in [-0.15, -0.1) is 0 Å². The van der Waals surface area contributed by atoms with Gasteiger partial charge in [-0.3, -0.25) is 14.4 Å². The number of halogens is 1. The molecule has 3 rings (SSSR count). The molecule has 1 heterocycles. The third-order valence-corrected chi connectivity index (χ3v) is 5.98. The van der Waals surface area contributed by atoms with Gasteiger partial charge in [0.05, 0.1) is 18.2 Å². The minimum Gasteiger partial charge on any atom is -0.491 e. The highest BCUT2D eigenvalue weighted by atomic mass is 35.5. The molecule has 3 amide bonds. The Hall–Kier alpha value is -2.28. The molecule has 2 N–H and O–H groups in total. The maximum absolute atomic E-state index is 12.7. The summed E-state index contributed by atoms with van der Waals surface area (Å²) in [6.07, 6.45) is 4.10. The molecule has 1 aliphatic heterocycles. The summed E-state index contributed by atoms with van der Waals surface area (Å²) in [6, 6.07) is 4.68. The van der Waals surface area contributed by atoms with Gasteiger partial charge in [-0.25, -0.2) is 0 Å². The van der Waals surface area contributed by atoms with Gasteiger partial charge in [0.1, 0.15) is 12.4 Å². The second-order valence-corrected chi connectivity index (χ2v) is 9.23. The first-order valence-electron chi connectivity index (χ1n) is 11.1. The van der Waals surface area contributed by atoms with E-state index in [1.54, 1.807) is 23.1 Å². The van der Waals surface area contributed by atoms with Gasteiger partial charge in [0, 0.05) is 24.5 Å². The zero-order chi connectivity index (χ0) is 22.4. The van der Waals surface area contributed by atoms with Gasteiger partial charge in [0.25, 0.3) is 5.91 Å². The predicted molar refractivity (Wildman–Crippen MR) is 119 cm³/mol. The van der Waals surface area contributed by atoms with Crippen LogP contribution < -0.4 is 15.4 Å². The molecule has 1 atom stereocenters. The smallest absolute Gasteiger partial charge is 0.255 e. The molecule has 0 aromatic heterocycles. The average Bonchev–Trinajstić information content (AvgIpc) is 3.53. The van der Waals surface area contributed by atoms with Gasteiger partial charge in [-0.2, -0.15) is 0 Å². The molecular formula is C23H32ClN3O4. The summed E-state index contributed by atoms with van der Waals surface area (Å²) in [5, 5.41) is 6.36. The van der Waals surface area contributed by atoms with Crippen molar-refractivity contribution in [2.45, 2.75) is 52.0 Å². The Labute approximate surface area is 188 Å². The fourth-order valence-corrected chi connectivity index (χ4v) is 3.70. The molecule has 0 saturated heterocycles. The van der Waals surface area contributed by atoms with Crippen LogP contribution in [-0.4, -0.2) is 54.9 Å². The van der Waals surface area contributed by atoms with Gasteiger partial charge in [-0.1, -0.05) is 25.4 Å². The fraction of sp³-hybridized carbons (Fsp3) is 0.609. The normalized spacial score (nSPS) is 21.3. The zero-order valence-corrected chi connectivity index (χ0v) is 19.0. The van der Waals surface area contributed by atoms with E-state index in [1.807, 2.05) is 13.8 Å². The van der Waals surface area contributed by atoms with Gasteiger partial charge >= 0.3 is 0 Å². The van der Waals surface area contributed by atoms with Crippen LogP contribution >= 0.6 is 11.6 Å². The Morgan fingerprint density at radius 3 is 2.74 bits per heavy atom. The van der Waals surface area contributed by atoms with E-state index in [0.717, 1.165) is 12.8 Å². The molecular weight excluding hydrogens is 418 g/mol. The summed E-state index contributed by atoms with van der Waals surface area (Å²) in [7, 11) is 0. The summed E-state index contributed by atoms with van der Waals surface area (Å²) in [5.74, 6) is 0.600. The van der Waals surface area contributed by atoms with Crippen LogP contribution in [0, 0.1) is 11.8 Å². The van der Waals surface area contributed by atoms with E-state index in [9.17, 15) is 14.4 Å². The van der Waals surface area contributed by atoms with E-state index in [4.69, 9.17) is 16.3 Å². The Balaban J connectivity index is 1.76. The van der Waals surface area contributed by atoms with E-state index in [0.29, 0.717) is 54.6 Å². The van der Waals surface area contributed by atoms with Crippen molar-refractivity contribution in [1.82, 2.24) is 15.5 Å². The minimum atomic E-state index is -0.260. The SMILES string of the molecule is CC(C)[C@H]1COc2ccc(Cl)cc2C(=O)NCCCCN(C(=O)CC2CC2)CC(=O)N1. The number of ether oxygens (including phenoxy) is 1. The van der Waals surface area contributed by atoms with Crippen LogP contribution in [0.4, 0.5) is 0 Å². The molecule has 31 heavy (non-hydrogen) atoms. The molecule has 7 nitrogen and oxygen atoms in total. The molecule has 1 aromatic carbocycles. The molecule has 0 unspecified atom stereocenters. The maximum Gasteiger partial charge on any atom is 0.255 e. The van der Waals surface area contributed by atoms with Crippen molar-refractivity contribution in [1.29, 1.82) is 0 Å². The zero-order valence-electron chi connectivity index (χ0n) is 18.3. The second kappa shape index (κ2) is 10.8. The quantitative estimate of drug-likeness (QED) is 0.742. The van der Waals surface area contributed by atoms with Crippen LogP contribution in [0.15, 0.2) is 18.2 Å². The number of carbonyl (C=O) groups excluding carboxylic acids is 3. The number of hydrogen-bond acceptors (Lipinski definition) is 4. The van der Waals surface area contributed by atoms with Crippen molar-refractivity contribution in [2.24, 2.45) is 11.8 Å². The first-order chi connectivity index (χ1) is 14.8. The van der Waals surface area contributed by atoms with Gasteiger partial charge in [-0.05, 0) is 55.7 Å². The number of hydrogen-bond donors (Lipinski definition) is 2. The van der Waals surface area contributed by atoms with Gasteiger partial charge in [0.2, 0.25) is 11.8 Å². The molecule has 1 aliphatic carbocycles. The Bertz CT molecular complexity index is 810. The lowest BCUT2D eigenvalue weighted by atomic mass is 10.1. The van der Waals surface area contributed by atoms with E-state index >= 15 is 0 Å². The number of carbonyl (C=O) groups is 3. The van der Waals surface area contributed by atoms with Gasteiger partial charge < -0.3 is 20.3 Å². The first kappa shape index (κ1) is 23.4. The predicted octanol–water partition coefficient (Wildman–Crippen LogP) is 3.01. The molecule has 8 heteroatoms. The maximum atomic E-state index is 12.7. The summed E-state index contributed by atoms with van der Waals surface area (Å²) < 4.78 is 5.93. The molecule has 1 fully saturated rings. The molecule has 2 aliphatic rings. The summed E-state index contributed by atoms with van der Waals surface area (Å²) in [6.45, 7) is 5.22. The van der Waals surface area contributed by atoms with Crippen molar-refractivity contribution >= 4 is 29.3 Å². The number of rotatable bonds is 3. The second-order valence-electron chi connectivity index (χ2n) is 8.80. The van der Waals surface area contributed by atoms with E-state index < -0.39 is 0 Å². The van der Waals surface area contributed by atoms with E-state index in [1.165, 1.54) is 0 Å². The molecule has 0 bridgehead atoms. The van der Waals surface area contributed by atoms with Crippen molar-refractivity contribution in [3.05, 3.63) is 28.8 Å². The monoisotopic (exact) mass is 449 g/mol. The van der Waals surface area contributed by atoms with Crippen molar-refractivity contribution in [3.63, 3.8) is 0 Å². The summed E-state index contributed by atoms with van der Waals surface area (Å²) in [4.78, 5) is 39.8. The number of nitrogens with zero attached hydrogens (tertiary/aromatic N) is 1. The fourth-order valence-electron chi connectivity index (χ4n) is 3.53. The highest BCUT2D eigenvalue weighted by molar-refractivity contribution is 6.31. The summed E-state index contributed by atoms with van der Waals surface area (Å²) in [5.41, 5.74) is 0.373. The number of nitrogens with one attached hydrogen (secondary N) is 2. The van der Waals surface area contributed by atoms with Crippen LogP contribution in [0.5, 0.6) is 5.75 Å². The third kappa shape index (κ3) is 7.13. The van der Waals surface area contributed by atoms with Crippen molar-refractivity contribution < 1.29 is 19.1 Å². The summed E-state index contributed by atoms with van der Waals surface area (Å²) >= 11 is 6.09. The largest absolute Gasteiger partial charge is 0.491 e. The van der Waals surface area contributed by atoms with Crippen LogP contribution in [0.3, 0.4) is 0 Å². The van der Waals surface area contributed by atoms with E-state index in [2.05, 4.69) is 10.6 Å². The molecule has 0 radical (unpaired) electrons. The molecule has 170 valence electrons. The number of benzene rings is 1. The third-order valence-electron chi connectivity index (χ3n) is 5.74. The minimum absolute atomic E-state index is 0.0328. The van der Waals surface area contributed by atoms with Crippen LogP contribution in [0.1, 0.15) is 56.3 Å². The topological polar surface area (TPSA) is 87.7 Å². The average molecular weight is 450 g/mol. The Morgan fingerprint density at radius 2 is 2.03 bits per heavy atom. The van der Waals surface area contributed by atoms with Crippen molar-refractivity contribution in [3.8, 4) is 5.75 Å². The lowest BCUT2D eigenvalue weighted by Gasteiger charge is -2.26. The number of amides is 3. The Morgan fingerprint density at radius 1 is 1.26 bits per heavy atom. The van der Waals surface area contributed by atoms with Crippen LogP contribution in [-0.2, 0) is 9.59 Å². The number of fused-ring (bicyclic) bond motifs is 1. The molecule has 0 spiro atoms. The van der Waals surface area contributed by atoms with Crippen molar-refractivity contribution in [2.75, 3.05) is 26.2 Å². The molecule has 1 saturated carbocycles. The lowest BCUT2D eigenvalue weighted by molar-refractivity contribution is -0.136.